The van der Waals surface area contributed by atoms with Gasteiger partial charge in [0.2, 0.25) is 0 Å². The van der Waals surface area contributed by atoms with Crippen molar-refractivity contribution < 1.29 is 4.79 Å². The Bertz CT molecular complexity index is 515. The Morgan fingerprint density at radius 3 is 2.45 bits per heavy atom. The highest BCUT2D eigenvalue weighted by molar-refractivity contribution is 5.94. The quantitative estimate of drug-likeness (QED) is 0.796. The fourth-order valence-electron chi connectivity index (χ4n) is 3.37. The van der Waals surface area contributed by atoms with E-state index in [9.17, 15) is 4.79 Å². The Morgan fingerprint density at radius 2 is 1.77 bits per heavy atom. The van der Waals surface area contributed by atoms with E-state index in [4.69, 9.17) is 0 Å². The Hall–Kier alpha value is -1.61. The van der Waals surface area contributed by atoms with Crippen molar-refractivity contribution in [3.05, 3.63) is 47.5 Å². The number of nitrogens with zero attached hydrogens (tertiary/aromatic N) is 2. The molecule has 1 aliphatic carbocycles. The van der Waals surface area contributed by atoms with E-state index in [0.717, 1.165) is 38.3 Å². The van der Waals surface area contributed by atoms with Crippen molar-refractivity contribution in [2.75, 3.05) is 32.7 Å². The van der Waals surface area contributed by atoms with Crippen LogP contribution in [0.3, 0.4) is 0 Å². The summed E-state index contributed by atoms with van der Waals surface area (Å²) >= 11 is 0. The number of allylic oxidation sites excluding steroid dienone is 1. The van der Waals surface area contributed by atoms with E-state index in [1.54, 1.807) is 5.57 Å². The maximum atomic E-state index is 12.4. The monoisotopic (exact) mass is 298 g/mol. The van der Waals surface area contributed by atoms with Gasteiger partial charge in [-0.05, 0) is 44.2 Å². The van der Waals surface area contributed by atoms with Crippen molar-refractivity contribution in [3.63, 3.8) is 0 Å². The van der Waals surface area contributed by atoms with Crippen molar-refractivity contribution in [3.8, 4) is 0 Å². The smallest absolute Gasteiger partial charge is 0.253 e. The summed E-state index contributed by atoms with van der Waals surface area (Å²) in [7, 11) is 0. The fraction of sp³-hybridized carbons (Fsp3) is 0.526. The van der Waals surface area contributed by atoms with Crippen LogP contribution in [0.5, 0.6) is 0 Å². The van der Waals surface area contributed by atoms with E-state index in [1.165, 1.54) is 32.1 Å². The molecule has 0 aromatic heterocycles. The Labute approximate surface area is 133 Å². The summed E-state index contributed by atoms with van der Waals surface area (Å²) in [4.78, 5) is 16.9. The average molecular weight is 298 g/mol. The zero-order valence-electron chi connectivity index (χ0n) is 13.3. The normalized spacial score (nSPS) is 19.8. The van der Waals surface area contributed by atoms with Crippen LogP contribution in [0.25, 0.3) is 0 Å². The number of carbonyl (C=O) groups excluding carboxylic acids is 1. The van der Waals surface area contributed by atoms with Crippen LogP contribution in [-0.4, -0.2) is 48.4 Å². The molecule has 1 aromatic carbocycles. The van der Waals surface area contributed by atoms with Gasteiger partial charge in [-0.1, -0.05) is 29.8 Å². The number of rotatable bonds is 4. The lowest BCUT2D eigenvalue weighted by atomic mass is 9.97. The van der Waals surface area contributed by atoms with Gasteiger partial charge in [0.25, 0.3) is 5.91 Å². The molecule has 1 saturated heterocycles. The number of hydrogen-bond donors (Lipinski definition) is 0. The first-order valence-corrected chi connectivity index (χ1v) is 8.57. The first-order valence-electron chi connectivity index (χ1n) is 8.57. The highest BCUT2D eigenvalue weighted by Crippen LogP contribution is 2.20. The van der Waals surface area contributed by atoms with Gasteiger partial charge in [-0.3, -0.25) is 9.69 Å². The van der Waals surface area contributed by atoms with Crippen LogP contribution in [-0.2, 0) is 0 Å². The van der Waals surface area contributed by atoms with E-state index in [0.29, 0.717) is 0 Å². The lowest BCUT2D eigenvalue weighted by Crippen LogP contribution is -2.48. The minimum absolute atomic E-state index is 0.176. The fourth-order valence-corrected chi connectivity index (χ4v) is 3.37. The minimum atomic E-state index is 0.176. The summed E-state index contributed by atoms with van der Waals surface area (Å²) in [6.07, 6.45) is 8.96. The molecule has 1 fully saturated rings. The molecular weight excluding hydrogens is 272 g/mol. The average Bonchev–Trinajstić information content (AvgIpc) is 2.61. The molecule has 3 nitrogen and oxygen atoms in total. The van der Waals surface area contributed by atoms with E-state index in [1.807, 2.05) is 35.2 Å². The second-order valence-electron chi connectivity index (χ2n) is 6.36. The molecule has 1 amide bonds. The molecule has 1 aromatic rings. The predicted octanol–water partition coefficient (Wildman–Crippen LogP) is 3.33. The van der Waals surface area contributed by atoms with Crippen LogP contribution in [0.1, 0.15) is 42.5 Å². The molecular formula is C19H26N2O. The highest BCUT2D eigenvalue weighted by Gasteiger charge is 2.21. The molecule has 22 heavy (non-hydrogen) atoms. The summed E-state index contributed by atoms with van der Waals surface area (Å²) in [5, 5.41) is 0. The molecule has 118 valence electrons. The molecule has 0 N–H and O–H groups in total. The third-order valence-corrected chi connectivity index (χ3v) is 4.81. The van der Waals surface area contributed by atoms with Gasteiger partial charge in [0.15, 0.2) is 0 Å². The minimum Gasteiger partial charge on any atom is -0.336 e. The summed E-state index contributed by atoms with van der Waals surface area (Å²) in [6, 6.07) is 9.63. The first-order chi connectivity index (χ1) is 10.8. The molecule has 0 radical (unpaired) electrons. The lowest BCUT2D eigenvalue weighted by Gasteiger charge is -2.35. The Morgan fingerprint density at radius 1 is 1.00 bits per heavy atom. The predicted molar refractivity (Wildman–Crippen MR) is 90.0 cm³/mol. The van der Waals surface area contributed by atoms with E-state index in [-0.39, 0.29) is 5.91 Å². The molecule has 0 atom stereocenters. The van der Waals surface area contributed by atoms with Gasteiger partial charge < -0.3 is 4.90 Å². The van der Waals surface area contributed by atoms with Crippen LogP contribution in [0.4, 0.5) is 0 Å². The van der Waals surface area contributed by atoms with Crippen molar-refractivity contribution >= 4 is 5.91 Å². The molecule has 0 spiro atoms. The van der Waals surface area contributed by atoms with Gasteiger partial charge >= 0.3 is 0 Å². The largest absolute Gasteiger partial charge is 0.336 e. The van der Waals surface area contributed by atoms with Gasteiger partial charge in [0, 0.05) is 38.3 Å². The molecule has 3 heteroatoms. The second-order valence-corrected chi connectivity index (χ2v) is 6.36. The van der Waals surface area contributed by atoms with Crippen LogP contribution < -0.4 is 0 Å². The van der Waals surface area contributed by atoms with Gasteiger partial charge in [-0.25, -0.2) is 0 Å². The summed E-state index contributed by atoms with van der Waals surface area (Å²) < 4.78 is 0. The molecule has 0 saturated carbocycles. The van der Waals surface area contributed by atoms with E-state index in [2.05, 4.69) is 11.0 Å². The topological polar surface area (TPSA) is 23.6 Å². The maximum Gasteiger partial charge on any atom is 0.253 e. The standard InChI is InChI=1S/C19H26N2O/c22-19(18-9-5-2-6-10-18)21-15-13-20(14-16-21)12-11-17-7-3-1-4-8-17/h2,5-7,9-10H,1,3-4,8,11-16H2. The number of carbonyl (C=O) groups is 1. The number of amides is 1. The molecule has 1 aliphatic heterocycles. The zero-order chi connectivity index (χ0) is 15.2. The molecule has 1 heterocycles. The van der Waals surface area contributed by atoms with Crippen molar-refractivity contribution in [1.29, 1.82) is 0 Å². The number of hydrogen-bond acceptors (Lipinski definition) is 2. The SMILES string of the molecule is O=C(c1ccccc1)N1CCN(CCC2=CCCCC2)CC1. The van der Waals surface area contributed by atoms with Crippen LogP contribution in [0.2, 0.25) is 0 Å². The second kappa shape index (κ2) is 7.59. The van der Waals surface area contributed by atoms with Crippen molar-refractivity contribution in [1.82, 2.24) is 9.80 Å². The molecule has 0 bridgehead atoms. The van der Waals surface area contributed by atoms with Crippen molar-refractivity contribution in [2.45, 2.75) is 32.1 Å². The summed E-state index contributed by atoms with van der Waals surface area (Å²) in [5.41, 5.74) is 2.46. The third-order valence-electron chi connectivity index (χ3n) is 4.81. The van der Waals surface area contributed by atoms with E-state index < -0.39 is 0 Å². The summed E-state index contributed by atoms with van der Waals surface area (Å²) in [6.45, 7) is 4.87. The maximum absolute atomic E-state index is 12.4. The van der Waals surface area contributed by atoms with Crippen LogP contribution in [0.15, 0.2) is 42.0 Å². The van der Waals surface area contributed by atoms with Gasteiger partial charge in [0.1, 0.15) is 0 Å². The van der Waals surface area contributed by atoms with Crippen LogP contribution >= 0.6 is 0 Å². The first kappa shape index (κ1) is 15.3. The van der Waals surface area contributed by atoms with Gasteiger partial charge in [0.05, 0.1) is 0 Å². The lowest BCUT2D eigenvalue weighted by molar-refractivity contribution is 0.0638. The van der Waals surface area contributed by atoms with Crippen LogP contribution in [0, 0.1) is 0 Å². The van der Waals surface area contributed by atoms with Gasteiger partial charge in [-0.2, -0.15) is 0 Å². The zero-order valence-corrected chi connectivity index (χ0v) is 13.3. The Kier molecular flexibility index (Phi) is 5.28. The highest BCUT2D eigenvalue weighted by atomic mass is 16.2. The third kappa shape index (κ3) is 3.98. The Balaban J connectivity index is 1.44. The van der Waals surface area contributed by atoms with Gasteiger partial charge in [-0.15, -0.1) is 0 Å². The number of piperazine rings is 1. The van der Waals surface area contributed by atoms with Crippen molar-refractivity contribution in [2.24, 2.45) is 0 Å². The molecule has 3 rings (SSSR count). The van der Waals surface area contributed by atoms with E-state index >= 15 is 0 Å². The molecule has 0 unspecified atom stereocenters. The number of benzene rings is 1. The summed E-state index contributed by atoms with van der Waals surface area (Å²) in [5.74, 6) is 0.176. The molecule has 2 aliphatic rings.